The van der Waals surface area contributed by atoms with Gasteiger partial charge < -0.3 is 10.2 Å². The third-order valence-corrected chi connectivity index (χ3v) is 8.13. The van der Waals surface area contributed by atoms with Crippen LogP contribution in [-0.2, 0) is 10.2 Å². The molecule has 33 heavy (non-hydrogen) atoms. The van der Waals surface area contributed by atoms with Crippen molar-refractivity contribution in [2.75, 3.05) is 32.4 Å². The zero-order valence-electron chi connectivity index (χ0n) is 19.1. The SMILES string of the molecule is C[N+]1(CCCSc2cccc(F)c2)CC[C@@H](C(C(N)=O)(c2ccccc2)c2ccccc2)C1. The standard InChI is InChI=1S/C28H31FN2OS/c1-31(17-9-19-33-26-15-8-14-25(29)20-26)18-16-24(21-31)28(27(30)32,22-10-4-2-5-11-22)23-12-6-3-7-13-23/h2-8,10-15,20,24H,9,16-19,21H2,1H3,(H-,30,32)/p+1/t24-,31?/m1/s1. The number of quaternary nitrogens is 1. The second kappa shape index (κ2) is 10.1. The number of hydrogen-bond acceptors (Lipinski definition) is 2. The van der Waals surface area contributed by atoms with Crippen molar-refractivity contribution in [2.45, 2.75) is 23.2 Å². The van der Waals surface area contributed by atoms with Crippen molar-refractivity contribution in [3.8, 4) is 0 Å². The van der Waals surface area contributed by atoms with Crippen molar-refractivity contribution in [3.63, 3.8) is 0 Å². The van der Waals surface area contributed by atoms with E-state index in [0.717, 1.165) is 58.7 Å². The van der Waals surface area contributed by atoms with Crippen LogP contribution < -0.4 is 5.73 Å². The Labute approximate surface area is 200 Å². The van der Waals surface area contributed by atoms with Crippen LogP contribution in [0.3, 0.4) is 0 Å². The van der Waals surface area contributed by atoms with E-state index in [9.17, 15) is 9.18 Å². The van der Waals surface area contributed by atoms with E-state index in [0.29, 0.717) is 0 Å². The molecule has 0 radical (unpaired) electrons. The molecule has 0 aromatic heterocycles. The van der Waals surface area contributed by atoms with Gasteiger partial charge in [-0.25, -0.2) is 4.39 Å². The number of benzene rings is 3. The minimum atomic E-state index is -0.838. The van der Waals surface area contributed by atoms with Gasteiger partial charge in [-0.2, -0.15) is 0 Å². The summed E-state index contributed by atoms with van der Waals surface area (Å²) in [5, 5.41) is 0. The molecule has 0 bridgehead atoms. The van der Waals surface area contributed by atoms with E-state index >= 15 is 0 Å². The summed E-state index contributed by atoms with van der Waals surface area (Å²) < 4.78 is 14.3. The minimum absolute atomic E-state index is 0.126. The number of primary amides is 1. The van der Waals surface area contributed by atoms with Crippen LogP contribution >= 0.6 is 11.8 Å². The summed E-state index contributed by atoms with van der Waals surface area (Å²) >= 11 is 1.70. The summed E-state index contributed by atoms with van der Waals surface area (Å²) in [6.45, 7) is 2.94. The Morgan fingerprint density at radius 2 is 1.67 bits per heavy atom. The lowest BCUT2D eigenvalue weighted by molar-refractivity contribution is -0.899. The van der Waals surface area contributed by atoms with E-state index in [-0.39, 0.29) is 17.6 Å². The molecule has 1 saturated heterocycles. The molecule has 3 aromatic carbocycles. The first-order chi connectivity index (χ1) is 15.9. The van der Waals surface area contributed by atoms with E-state index in [4.69, 9.17) is 5.73 Å². The topological polar surface area (TPSA) is 43.1 Å². The van der Waals surface area contributed by atoms with Gasteiger partial charge in [0.2, 0.25) is 5.91 Å². The smallest absolute Gasteiger partial charge is 0.233 e. The maximum Gasteiger partial charge on any atom is 0.233 e. The van der Waals surface area contributed by atoms with Gasteiger partial charge in [-0.3, -0.25) is 4.79 Å². The summed E-state index contributed by atoms with van der Waals surface area (Å²) in [6, 6.07) is 26.8. The molecule has 0 aliphatic carbocycles. The van der Waals surface area contributed by atoms with Crippen molar-refractivity contribution in [1.82, 2.24) is 0 Å². The number of carbonyl (C=O) groups is 1. The van der Waals surface area contributed by atoms with Crippen molar-refractivity contribution in [3.05, 3.63) is 102 Å². The zero-order chi connectivity index (χ0) is 23.3. The van der Waals surface area contributed by atoms with E-state index in [1.54, 1.807) is 23.9 Å². The molecule has 172 valence electrons. The summed E-state index contributed by atoms with van der Waals surface area (Å²) in [5.41, 5.74) is 7.34. The number of nitrogens with zero attached hydrogens (tertiary/aromatic N) is 1. The predicted octanol–water partition coefficient (Wildman–Crippen LogP) is 5.25. The van der Waals surface area contributed by atoms with E-state index in [1.165, 1.54) is 6.07 Å². The highest BCUT2D eigenvalue weighted by atomic mass is 32.2. The molecule has 2 atom stereocenters. The molecule has 1 unspecified atom stereocenters. The molecule has 2 N–H and O–H groups in total. The lowest BCUT2D eigenvalue weighted by Gasteiger charge is -2.38. The van der Waals surface area contributed by atoms with Crippen LogP contribution in [0.2, 0.25) is 0 Å². The lowest BCUT2D eigenvalue weighted by atomic mass is 9.64. The fourth-order valence-corrected chi connectivity index (χ4v) is 6.34. The maximum atomic E-state index is 13.4. The first-order valence-electron chi connectivity index (χ1n) is 11.6. The lowest BCUT2D eigenvalue weighted by Crippen LogP contribution is -2.51. The van der Waals surface area contributed by atoms with Crippen LogP contribution in [0.5, 0.6) is 0 Å². The number of amides is 1. The minimum Gasteiger partial charge on any atom is -0.369 e. The second-order valence-electron chi connectivity index (χ2n) is 9.30. The average Bonchev–Trinajstić information content (AvgIpc) is 3.21. The van der Waals surface area contributed by atoms with Crippen LogP contribution in [0.4, 0.5) is 4.39 Å². The van der Waals surface area contributed by atoms with Crippen LogP contribution in [0.1, 0.15) is 24.0 Å². The number of thioether (sulfide) groups is 1. The number of halogens is 1. The Morgan fingerprint density at radius 3 is 2.24 bits per heavy atom. The molecular formula is C28H32FN2OS+. The molecule has 3 aromatic rings. The summed E-state index contributed by atoms with van der Waals surface area (Å²) in [6.07, 6.45) is 1.98. The molecule has 1 amide bonds. The molecule has 1 fully saturated rings. The van der Waals surface area contributed by atoms with Gasteiger partial charge in [-0.05, 0) is 29.3 Å². The molecule has 1 heterocycles. The monoisotopic (exact) mass is 463 g/mol. The highest BCUT2D eigenvalue weighted by molar-refractivity contribution is 7.99. The second-order valence-corrected chi connectivity index (χ2v) is 10.5. The van der Waals surface area contributed by atoms with Gasteiger partial charge >= 0.3 is 0 Å². The molecule has 3 nitrogen and oxygen atoms in total. The van der Waals surface area contributed by atoms with E-state index in [2.05, 4.69) is 7.05 Å². The first kappa shape index (κ1) is 23.5. The number of likely N-dealkylation sites (tertiary alicyclic amines) is 1. The van der Waals surface area contributed by atoms with Gasteiger partial charge in [0, 0.05) is 29.4 Å². The third kappa shape index (κ3) is 4.99. The highest BCUT2D eigenvalue weighted by Crippen LogP contribution is 2.45. The van der Waals surface area contributed by atoms with Crippen molar-refractivity contribution in [1.29, 1.82) is 0 Å². The van der Waals surface area contributed by atoms with Gasteiger partial charge in [0.15, 0.2) is 0 Å². The quantitative estimate of drug-likeness (QED) is 0.268. The Kier molecular flexibility index (Phi) is 7.20. The van der Waals surface area contributed by atoms with Crippen molar-refractivity contribution >= 4 is 17.7 Å². The van der Waals surface area contributed by atoms with Crippen LogP contribution in [0.25, 0.3) is 0 Å². The maximum absolute atomic E-state index is 13.4. The molecule has 4 rings (SSSR count). The Balaban J connectivity index is 1.52. The summed E-state index contributed by atoms with van der Waals surface area (Å²) in [4.78, 5) is 14.2. The molecule has 1 aliphatic heterocycles. The molecular weight excluding hydrogens is 431 g/mol. The predicted molar refractivity (Wildman–Crippen MR) is 133 cm³/mol. The van der Waals surface area contributed by atoms with Gasteiger partial charge in [0.1, 0.15) is 11.2 Å². The van der Waals surface area contributed by atoms with Gasteiger partial charge in [-0.1, -0.05) is 66.7 Å². The number of nitrogens with two attached hydrogens (primary N) is 1. The van der Waals surface area contributed by atoms with Gasteiger partial charge in [0.25, 0.3) is 0 Å². The van der Waals surface area contributed by atoms with Crippen molar-refractivity contribution < 1.29 is 13.7 Å². The van der Waals surface area contributed by atoms with Crippen LogP contribution in [-0.4, -0.2) is 42.8 Å². The van der Waals surface area contributed by atoms with Crippen molar-refractivity contribution in [2.24, 2.45) is 11.7 Å². The molecule has 0 saturated carbocycles. The molecule has 5 heteroatoms. The number of hydrogen-bond donors (Lipinski definition) is 1. The van der Waals surface area contributed by atoms with E-state index < -0.39 is 5.41 Å². The van der Waals surface area contributed by atoms with Gasteiger partial charge in [0.05, 0.1) is 26.7 Å². The normalized spacial score (nSPS) is 20.6. The molecule has 0 spiro atoms. The Hall–Kier alpha value is -2.63. The summed E-state index contributed by atoms with van der Waals surface area (Å²) in [7, 11) is 2.29. The highest BCUT2D eigenvalue weighted by Gasteiger charge is 2.53. The summed E-state index contributed by atoms with van der Waals surface area (Å²) in [5.74, 6) is 0.604. The van der Waals surface area contributed by atoms with Crippen LogP contribution in [0, 0.1) is 11.7 Å². The van der Waals surface area contributed by atoms with Gasteiger partial charge in [-0.15, -0.1) is 11.8 Å². The average molecular weight is 464 g/mol. The number of rotatable bonds is 9. The Bertz CT molecular complexity index is 1040. The first-order valence-corrected chi connectivity index (χ1v) is 12.6. The fraction of sp³-hybridized carbons (Fsp3) is 0.321. The number of carbonyl (C=O) groups excluding carboxylic acids is 1. The van der Waals surface area contributed by atoms with E-state index in [1.807, 2.05) is 66.7 Å². The molecule has 1 aliphatic rings. The largest absolute Gasteiger partial charge is 0.369 e. The third-order valence-electron chi connectivity index (χ3n) is 7.04. The van der Waals surface area contributed by atoms with Crippen LogP contribution in [0.15, 0.2) is 89.8 Å². The zero-order valence-corrected chi connectivity index (χ0v) is 19.9. The fourth-order valence-electron chi connectivity index (χ4n) is 5.46. The Morgan fingerprint density at radius 1 is 1.03 bits per heavy atom.